The Morgan fingerprint density at radius 1 is 1.00 bits per heavy atom. The summed E-state index contributed by atoms with van der Waals surface area (Å²) in [5.74, 6) is 0. The third-order valence-corrected chi connectivity index (χ3v) is 2.87. The van der Waals surface area contributed by atoms with E-state index in [0.29, 0.717) is 13.2 Å². The standard InChI is InChI=1S/C15H19NO/c1-15(2,16-10-6-7-11-16)13-17-12-14-8-4-3-5-9-14/h3-11H,12-13H2,1-2H3. The van der Waals surface area contributed by atoms with Crippen molar-refractivity contribution in [1.82, 2.24) is 4.57 Å². The summed E-state index contributed by atoms with van der Waals surface area (Å²) in [4.78, 5) is 0. The summed E-state index contributed by atoms with van der Waals surface area (Å²) in [6, 6.07) is 14.3. The minimum atomic E-state index is -0.00171. The van der Waals surface area contributed by atoms with Gasteiger partial charge in [0.1, 0.15) is 0 Å². The molecule has 0 spiro atoms. The third kappa shape index (κ3) is 3.21. The van der Waals surface area contributed by atoms with Crippen molar-refractivity contribution in [2.75, 3.05) is 6.61 Å². The number of benzene rings is 1. The van der Waals surface area contributed by atoms with Crippen LogP contribution >= 0.6 is 0 Å². The van der Waals surface area contributed by atoms with Gasteiger partial charge in [0.25, 0.3) is 0 Å². The largest absolute Gasteiger partial charge is 0.374 e. The minimum Gasteiger partial charge on any atom is -0.374 e. The molecule has 0 saturated heterocycles. The molecule has 0 aliphatic carbocycles. The van der Waals surface area contributed by atoms with Crippen molar-refractivity contribution >= 4 is 0 Å². The predicted octanol–water partition coefficient (Wildman–Crippen LogP) is 3.44. The molecule has 17 heavy (non-hydrogen) atoms. The van der Waals surface area contributed by atoms with E-state index in [9.17, 15) is 0 Å². The van der Waals surface area contributed by atoms with Gasteiger partial charge >= 0.3 is 0 Å². The molecular weight excluding hydrogens is 210 g/mol. The van der Waals surface area contributed by atoms with Gasteiger partial charge in [-0.1, -0.05) is 30.3 Å². The van der Waals surface area contributed by atoms with Crippen LogP contribution in [-0.2, 0) is 16.9 Å². The van der Waals surface area contributed by atoms with Gasteiger partial charge in [-0.15, -0.1) is 0 Å². The molecule has 0 amide bonds. The molecule has 0 N–H and O–H groups in total. The van der Waals surface area contributed by atoms with Crippen LogP contribution in [0.25, 0.3) is 0 Å². The first-order chi connectivity index (χ1) is 8.18. The number of hydrogen-bond acceptors (Lipinski definition) is 1. The number of nitrogens with zero attached hydrogens (tertiary/aromatic N) is 1. The van der Waals surface area contributed by atoms with Gasteiger partial charge in [-0.05, 0) is 31.5 Å². The van der Waals surface area contributed by atoms with E-state index in [1.54, 1.807) is 0 Å². The van der Waals surface area contributed by atoms with Crippen molar-refractivity contribution in [2.24, 2.45) is 0 Å². The van der Waals surface area contributed by atoms with Crippen LogP contribution in [-0.4, -0.2) is 11.2 Å². The zero-order valence-corrected chi connectivity index (χ0v) is 10.5. The second-order valence-corrected chi connectivity index (χ2v) is 4.88. The highest BCUT2D eigenvalue weighted by Crippen LogP contribution is 2.16. The summed E-state index contributed by atoms with van der Waals surface area (Å²) in [5, 5.41) is 0. The zero-order valence-electron chi connectivity index (χ0n) is 10.5. The molecule has 1 heterocycles. The maximum absolute atomic E-state index is 5.79. The molecule has 0 aliphatic heterocycles. The van der Waals surface area contributed by atoms with E-state index in [-0.39, 0.29) is 5.54 Å². The summed E-state index contributed by atoms with van der Waals surface area (Å²) in [6.45, 7) is 5.73. The minimum absolute atomic E-state index is 0.00171. The Morgan fingerprint density at radius 3 is 2.29 bits per heavy atom. The highest BCUT2D eigenvalue weighted by Gasteiger charge is 2.18. The van der Waals surface area contributed by atoms with Gasteiger partial charge in [0.2, 0.25) is 0 Å². The Kier molecular flexibility index (Phi) is 3.64. The lowest BCUT2D eigenvalue weighted by Gasteiger charge is -2.26. The fraction of sp³-hybridized carbons (Fsp3) is 0.333. The van der Waals surface area contributed by atoms with Crippen molar-refractivity contribution in [2.45, 2.75) is 26.0 Å². The van der Waals surface area contributed by atoms with Crippen LogP contribution in [0.2, 0.25) is 0 Å². The van der Waals surface area contributed by atoms with Crippen LogP contribution in [0.15, 0.2) is 54.9 Å². The second-order valence-electron chi connectivity index (χ2n) is 4.88. The van der Waals surface area contributed by atoms with Gasteiger partial charge in [0.15, 0.2) is 0 Å². The number of rotatable bonds is 5. The van der Waals surface area contributed by atoms with E-state index in [0.717, 1.165) is 0 Å². The van der Waals surface area contributed by atoms with Gasteiger partial charge in [-0.2, -0.15) is 0 Å². The molecule has 0 radical (unpaired) electrons. The van der Waals surface area contributed by atoms with Crippen LogP contribution in [0.1, 0.15) is 19.4 Å². The molecule has 2 aromatic rings. The van der Waals surface area contributed by atoms with Gasteiger partial charge in [0, 0.05) is 12.4 Å². The van der Waals surface area contributed by atoms with Crippen molar-refractivity contribution in [1.29, 1.82) is 0 Å². The first-order valence-corrected chi connectivity index (χ1v) is 5.94. The SMILES string of the molecule is CC(C)(COCc1ccccc1)n1cccc1. The van der Waals surface area contributed by atoms with E-state index in [1.165, 1.54) is 5.56 Å². The molecule has 0 unspecified atom stereocenters. The molecule has 0 fully saturated rings. The monoisotopic (exact) mass is 229 g/mol. The Bertz CT molecular complexity index is 431. The van der Waals surface area contributed by atoms with E-state index >= 15 is 0 Å². The predicted molar refractivity (Wildman–Crippen MR) is 69.9 cm³/mol. The normalized spacial score (nSPS) is 11.6. The first kappa shape index (κ1) is 11.9. The Hall–Kier alpha value is -1.54. The van der Waals surface area contributed by atoms with Crippen molar-refractivity contribution in [3.8, 4) is 0 Å². The molecule has 2 rings (SSSR count). The molecule has 1 aromatic heterocycles. The summed E-state index contributed by atoms with van der Waals surface area (Å²) in [7, 11) is 0. The maximum Gasteiger partial charge on any atom is 0.0718 e. The lowest BCUT2D eigenvalue weighted by atomic mass is 10.1. The lowest BCUT2D eigenvalue weighted by Crippen LogP contribution is -2.30. The molecule has 90 valence electrons. The molecule has 1 aromatic carbocycles. The fourth-order valence-electron chi connectivity index (χ4n) is 1.81. The topological polar surface area (TPSA) is 14.2 Å². The average Bonchev–Trinajstić information content (AvgIpc) is 2.84. The highest BCUT2D eigenvalue weighted by atomic mass is 16.5. The van der Waals surface area contributed by atoms with Crippen molar-refractivity contribution < 1.29 is 4.74 Å². The van der Waals surface area contributed by atoms with Crippen molar-refractivity contribution in [3.05, 3.63) is 60.4 Å². The van der Waals surface area contributed by atoms with Crippen LogP contribution in [0.4, 0.5) is 0 Å². The van der Waals surface area contributed by atoms with Gasteiger partial charge < -0.3 is 9.30 Å². The maximum atomic E-state index is 5.79. The van der Waals surface area contributed by atoms with E-state index in [2.05, 4.69) is 42.9 Å². The summed E-state index contributed by atoms with van der Waals surface area (Å²) in [6.07, 6.45) is 4.15. The van der Waals surface area contributed by atoms with E-state index < -0.39 is 0 Å². The third-order valence-electron chi connectivity index (χ3n) is 2.87. The first-order valence-electron chi connectivity index (χ1n) is 5.94. The molecule has 0 saturated carbocycles. The number of hydrogen-bond donors (Lipinski definition) is 0. The number of ether oxygens (including phenoxy) is 1. The molecule has 0 atom stereocenters. The molecule has 0 bridgehead atoms. The van der Waals surface area contributed by atoms with Crippen LogP contribution in [0, 0.1) is 0 Å². The molecule has 2 nitrogen and oxygen atoms in total. The Morgan fingerprint density at radius 2 is 1.65 bits per heavy atom. The van der Waals surface area contributed by atoms with Gasteiger partial charge in [-0.3, -0.25) is 0 Å². The van der Waals surface area contributed by atoms with E-state index in [1.807, 2.05) is 30.3 Å². The summed E-state index contributed by atoms with van der Waals surface area (Å²) >= 11 is 0. The summed E-state index contributed by atoms with van der Waals surface area (Å²) in [5.41, 5.74) is 1.22. The smallest absolute Gasteiger partial charge is 0.0718 e. The summed E-state index contributed by atoms with van der Waals surface area (Å²) < 4.78 is 7.97. The van der Waals surface area contributed by atoms with Crippen LogP contribution in [0.3, 0.4) is 0 Å². The molecular formula is C15H19NO. The number of aromatic nitrogens is 1. The Balaban J connectivity index is 1.86. The zero-order chi connectivity index (χ0) is 12.1. The van der Waals surface area contributed by atoms with Gasteiger partial charge in [0.05, 0.1) is 18.8 Å². The average molecular weight is 229 g/mol. The quantitative estimate of drug-likeness (QED) is 0.766. The fourth-order valence-corrected chi connectivity index (χ4v) is 1.81. The lowest BCUT2D eigenvalue weighted by molar-refractivity contribution is 0.0563. The molecule has 2 heteroatoms. The van der Waals surface area contributed by atoms with Gasteiger partial charge in [-0.25, -0.2) is 0 Å². The van der Waals surface area contributed by atoms with Crippen LogP contribution < -0.4 is 0 Å². The highest BCUT2D eigenvalue weighted by molar-refractivity contribution is 5.13. The second kappa shape index (κ2) is 5.19. The van der Waals surface area contributed by atoms with E-state index in [4.69, 9.17) is 4.74 Å². The van der Waals surface area contributed by atoms with Crippen LogP contribution in [0.5, 0.6) is 0 Å². The molecule has 0 aliphatic rings. The van der Waals surface area contributed by atoms with Crippen molar-refractivity contribution in [3.63, 3.8) is 0 Å². The Labute approximate surface area is 103 Å².